The van der Waals surface area contributed by atoms with Crippen molar-refractivity contribution in [2.24, 2.45) is 5.41 Å². The first-order chi connectivity index (χ1) is 9.56. The van der Waals surface area contributed by atoms with E-state index < -0.39 is 0 Å². The number of benzene rings is 1. The molecule has 0 aromatic heterocycles. The fourth-order valence-electron chi connectivity index (χ4n) is 2.53. The highest BCUT2D eigenvalue weighted by Crippen LogP contribution is 2.31. The van der Waals surface area contributed by atoms with Gasteiger partial charge in [-0.1, -0.05) is 29.3 Å². The fraction of sp³-hybridized carbons (Fsp3) is 0.600. The molecule has 0 saturated carbocycles. The molecule has 1 unspecified atom stereocenters. The Bertz CT molecular complexity index is 447. The highest BCUT2D eigenvalue weighted by molar-refractivity contribution is 6.35. The second-order valence-electron chi connectivity index (χ2n) is 5.54. The number of ether oxygens (including phenoxy) is 1. The zero-order chi connectivity index (χ0) is 14.6. The van der Waals surface area contributed by atoms with Crippen molar-refractivity contribution in [3.8, 4) is 0 Å². The highest BCUT2D eigenvalue weighted by Gasteiger charge is 2.32. The molecular formula is C15H21Cl2NO2. The van der Waals surface area contributed by atoms with E-state index in [-0.39, 0.29) is 18.1 Å². The first-order valence-electron chi connectivity index (χ1n) is 6.93. The quantitative estimate of drug-likeness (QED) is 0.874. The molecule has 1 aromatic rings. The van der Waals surface area contributed by atoms with E-state index in [1.54, 1.807) is 6.07 Å². The minimum absolute atomic E-state index is 0.0780. The summed E-state index contributed by atoms with van der Waals surface area (Å²) in [4.78, 5) is 0. The summed E-state index contributed by atoms with van der Waals surface area (Å²) in [6, 6.07) is 5.66. The van der Waals surface area contributed by atoms with Crippen LogP contribution in [0.3, 0.4) is 0 Å². The van der Waals surface area contributed by atoms with Crippen molar-refractivity contribution in [1.82, 2.24) is 5.32 Å². The van der Waals surface area contributed by atoms with Gasteiger partial charge < -0.3 is 15.2 Å². The third-order valence-corrected chi connectivity index (χ3v) is 4.66. The molecule has 0 spiro atoms. The largest absolute Gasteiger partial charge is 0.396 e. The van der Waals surface area contributed by atoms with Crippen LogP contribution >= 0.6 is 23.2 Å². The molecule has 2 N–H and O–H groups in total. The van der Waals surface area contributed by atoms with Gasteiger partial charge in [0.1, 0.15) is 0 Å². The lowest BCUT2D eigenvalue weighted by Crippen LogP contribution is -2.42. The maximum atomic E-state index is 9.68. The van der Waals surface area contributed by atoms with Crippen LogP contribution in [0.4, 0.5) is 0 Å². The third kappa shape index (κ3) is 3.86. The summed E-state index contributed by atoms with van der Waals surface area (Å²) < 4.78 is 5.38. The molecule has 3 nitrogen and oxygen atoms in total. The number of aliphatic hydroxyl groups excluding tert-OH is 1. The molecule has 5 heteroatoms. The Balaban J connectivity index is 1.98. The van der Waals surface area contributed by atoms with Gasteiger partial charge in [-0.3, -0.25) is 0 Å². The Morgan fingerprint density at radius 2 is 2.05 bits per heavy atom. The van der Waals surface area contributed by atoms with E-state index in [1.807, 2.05) is 12.1 Å². The highest BCUT2D eigenvalue weighted by atomic mass is 35.5. The predicted molar refractivity (Wildman–Crippen MR) is 82.5 cm³/mol. The van der Waals surface area contributed by atoms with Gasteiger partial charge in [-0.15, -0.1) is 0 Å². The number of rotatable bonds is 5. The summed E-state index contributed by atoms with van der Waals surface area (Å²) in [6.07, 6.45) is 1.77. The van der Waals surface area contributed by atoms with Crippen LogP contribution < -0.4 is 5.32 Å². The van der Waals surface area contributed by atoms with Crippen LogP contribution in [0.25, 0.3) is 0 Å². The molecule has 0 amide bonds. The summed E-state index contributed by atoms with van der Waals surface area (Å²) in [5.41, 5.74) is 0.946. The van der Waals surface area contributed by atoms with Crippen molar-refractivity contribution in [1.29, 1.82) is 0 Å². The smallest absolute Gasteiger partial charge is 0.0501 e. The number of halogens is 2. The molecule has 0 aliphatic carbocycles. The molecular weight excluding hydrogens is 297 g/mol. The molecule has 1 fully saturated rings. The Morgan fingerprint density at radius 3 is 2.65 bits per heavy atom. The SMILES string of the molecule is CC(NCC1(CO)CCOCC1)c1ccc(Cl)cc1Cl. The van der Waals surface area contributed by atoms with Crippen LogP contribution in [-0.2, 0) is 4.74 Å². The van der Waals surface area contributed by atoms with Crippen LogP contribution in [-0.4, -0.2) is 31.5 Å². The van der Waals surface area contributed by atoms with Gasteiger partial charge in [0.25, 0.3) is 0 Å². The summed E-state index contributed by atoms with van der Waals surface area (Å²) >= 11 is 12.1. The van der Waals surface area contributed by atoms with E-state index in [9.17, 15) is 5.11 Å². The van der Waals surface area contributed by atoms with Gasteiger partial charge in [0.05, 0.1) is 6.61 Å². The first kappa shape index (κ1) is 16.1. The number of aliphatic hydroxyl groups is 1. The Hall–Kier alpha value is -0.320. The van der Waals surface area contributed by atoms with Gasteiger partial charge in [0.15, 0.2) is 0 Å². The van der Waals surface area contributed by atoms with E-state index in [2.05, 4.69) is 12.2 Å². The average Bonchev–Trinajstić information content (AvgIpc) is 2.46. The number of nitrogens with one attached hydrogen (secondary N) is 1. The zero-order valence-corrected chi connectivity index (χ0v) is 13.2. The van der Waals surface area contributed by atoms with Crippen LogP contribution in [0.2, 0.25) is 10.0 Å². The van der Waals surface area contributed by atoms with E-state index in [1.165, 1.54) is 0 Å². The molecule has 2 rings (SSSR count). The molecule has 1 aliphatic heterocycles. The second kappa shape index (κ2) is 7.10. The number of hydrogen-bond acceptors (Lipinski definition) is 3. The van der Waals surface area contributed by atoms with E-state index in [0.717, 1.165) is 38.2 Å². The van der Waals surface area contributed by atoms with Crippen molar-refractivity contribution in [2.75, 3.05) is 26.4 Å². The normalized spacial score (nSPS) is 19.8. The minimum Gasteiger partial charge on any atom is -0.396 e. The van der Waals surface area contributed by atoms with E-state index in [0.29, 0.717) is 10.0 Å². The average molecular weight is 318 g/mol. The standard InChI is InChI=1S/C15H21Cl2NO2/c1-11(13-3-2-12(16)8-14(13)17)18-9-15(10-19)4-6-20-7-5-15/h2-3,8,11,18-19H,4-7,9-10H2,1H3. The van der Waals surface area contributed by atoms with Crippen molar-refractivity contribution < 1.29 is 9.84 Å². The molecule has 1 saturated heterocycles. The number of hydrogen-bond donors (Lipinski definition) is 2. The van der Waals surface area contributed by atoms with Crippen LogP contribution in [0, 0.1) is 5.41 Å². The van der Waals surface area contributed by atoms with Gasteiger partial charge in [-0.2, -0.15) is 0 Å². The summed E-state index contributed by atoms with van der Waals surface area (Å²) in [6.45, 7) is 4.45. The van der Waals surface area contributed by atoms with Crippen molar-refractivity contribution >= 4 is 23.2 Å². The Kier molecular flexibility index (Phi) is 5.70. The molecule has 1 aromatic carbocycles. The summed E-state index contributed by atoms with van der Waals surface area (Å²) in [5, 5.41) is 14.5. The molecule has 112 valence electrons. The lowest BCUT2D eigenvalue weighted by Gasteiger charge is -2.36. The van der Waals surface area contributed by atoms with Crippen molar-refractivity contribution in [2.45, 2.75) is 25.8 Å². The molecule has 1 heterocycles. The fourth-order valence-corrected chi connectivity index (χ4v) is 3.10. The lowest BCUT2D eigenvalue weighted by molar-refractivity contribution is -0.0163. The van der Waals surface area contributed by atoms with Crippen molar-refractivity contribution in [3.05, 3.63) is 33.8 Å². The van der Waals surface area contributed by atoms with Gasteiger partial charge in [-0.25, -0.2) is 0 Å². The van der Waals surface area contributed by atoms with Gasteiger partial charge >= 0.3 is 0 Å². The third-order valence-electron chi connectivity index (χ3n) is 4.10. The van der Waals surface area contributed by atoms with E-state index in [4.69, 9.17) is 27.9 Å². The summed E-state index contributed by atoms with van der Waals surface area (Å²) in [7, 11) is 0. The molecule has 1 aliphatic rings. The van der Waals surface area contributed by atoms with Crippen LogP contribution in [0.15, 0.2) is 18.2 Å². The monoisotopic (exact) mass is 317 g/mol. The lowest BCUT2D eigenvalue weighted by atomic mass is 9.80. The van der Waals surface area contributed by atoms with Gasteiger partial charge in [0.2, 0.25) is 0 Å². The van der Waals surface area contributed by atoms with Crippen LogP contribution in [0.1, 0.15) is 31.4 Å². The maximum Gasteiger partial charge on any atom is 0.0501 e. The minimum atomic E-state index is -0.0780. The Labute approximate surface area is 130 Å². The summed E-state index contributed by atoms with van der Waals surface area (Å²) in [5.74, 6) is 0. The predicted octanol–water partition coefficient (Wildman–Crippen LogP) is 3.43. The first-order valence-corrected chi connectivity index (χ1v) is 7.69. The molecule has 1 atom stereocenters. The van der Waals surface area contributed by atoms with Gasteiger partial charge in [0, 0.05) is 41.3 Å². The molecule has 0 radical (unpaired) electrons. The molecule has 0 bridgehead atoms. The maximum absolute atomic E-state index is 9.68. The second-order valence-corrected chi connectivity index (χ2v) is 6.38. The van der Waals surface area contributed by atoms with Gasteiger partial charge in [-0.05, 0) is 37.5 Å². The zero-order valence-electron chi connectivity index (χ0n) is 11.7. The van der Waals surface area contributed by atoms with Crippen LogP contribution in [0.5, 0.6) is 0 Å². The molecule has 20 heavy (non-hydrogen) atoms. The Morgan fingerprint density at radius 1 is 1.35 bits per heavy atom. The topological polar surface area (TPSA) is 41.5 Å². The van der Waals surface area contributed by atoms with Crippen molar-refractivity contribution in [3.63, 3.8) is 0 Å². The van der Waals surface area contributed by atoms with E-state index >= 15 is 0 Å².